The summed E-state index contributed by atoms with van der Waals surface area (Å²) in [4.78, 5) is 16.8. The third kappa shape index (κ3) is 5.10. The summed E-state index contributed by atoms with van der Waals surface area (Å²) in [6.45, 7) is 3.81. The average molecular weight is 405 g/mol. The van der Waals surface area contributed by atoms with Gasteiger partial charge in [0.1, 0.15) is 11.5 Å². The highest BCUT2D eigenvalue weighted by atomic mass is 16.5. The highest BCUT2D eigenvalue weighted by Crippen LogP contribution is 2.20. The van der Waals surface area contributed by atoms with Gasteiger partial charge in [0, 0.05) is 26.2 Å². The molecule has 2 heterocycles. The van der Waals surface area contributed by atoms with Gasteiger partial charge in [-0.2, -0.15) is 0 Å². The van der Waals surface area contributed by atoms with Crippen LogP contribution in [0.3, 0.4) is 0 Å². The summed E-state index contributed by atoms with van der Waals surface area (Å²) in [7, 11) is 1.68. The van der Waals surface area contributed by atoms with Crippen LogP contribution in [0.2, 0.25) is 0 Å². The Balaban J connectivity index is 1.49. The van der Waals surface area contributed by atoms with Gasteiger partial charge in [-0.05, 0) is 48.2 Å². The zero-order valence-electron chi connectivity index (χ0n) is 17.4. The predicted molar refractivity (Wildman–Crippen MR) is 116 cm³/mol. The highest BCUT2D eigenvalue weighted by Gasteiger charge is 2.22. The molecule has 1 aliphatic heterocycles. The van der Waals surface area contributed by atoms with Crippen molar-refractivity contribution in [3.63, 3.8) is 0 Å². The predicted octanol–water partition coefficient (Wildman–Crippen LogP) is 4.73. The maximum atomic E-state index is 12.6. The lowest BCUT2D eigenvalue weighted by atomic mass is 10.1. The van der Waals surface area contributed by atoms with Gasteiger partial charge < -0.3 is 14.1 Å². The normalized spacial score (nSPS) is 13.7. The molecule has 0 N–H and O–H groups in total. The van der Waals surface area contributed by atoms with E-state index in [0.717, 1.165) is 50.5 Å². The molecule has 1 fully saturated rings. The van der Waals surface area contributed by atoms with E-state index in [1.807, 2.05) is 35.2 Å². The summed E-state index contributed by atoms with van der Waals surface area (Å²) in [5.74, 6) is 2.09. The third-order valence-corrected chi connectivity index (χ3v) is 5.43. The van der Waals surface area contributed by atoms with Gasteiger partial charge in [0.2, 0.25) is 0 Å². The van der Waals surface area contributed by atoms with Crippen molar-refractivity contribution in [3.8, 4) is 5.75 Å². The molecule has 5 nitrogen and oxygen atoms in total. The Hall–Kier alpha value is -3.05. The average Bonchev–Trinajstić information content (AvgIpc) is 3.47. The minimum Gasteiger partial charge on any atom is -0.497 e. The number of hydrogen-bond donors (Lipinski definition) is 0. The maximum Gasteiger partial charge on any atom is 0.289 e. The first kappa shape index (κ1) is 20.2. The molecule has 3 aromatic rings. The lowest BCUT2D eigenvalue weighted by Crippen LogP contribution is -2.27. The Bertz CT molecular complexity index is 961. The summed E-state index contributed by atoms with van der Waals surface area (Å²) in [6, 6.07) is 22.2. The van der Waals surface area contributed by atoms with Gasteiger partial charge in [0.25, 0.3) is 5.91 Å². The Morgan fingerprint density at radius 1 is 0.933 bits per heavy atom. The van der Waals surface area contributed by atoms with Crippen molar-refractivity contribution in [2.24, 2.45) is 0 Å². The van der Waals surface area contributed by atoms with Crippen LogP contribution in [0.1, 0.15) is 40.3 Å². The minimum absolute atomic E-state index is 0.00107. The van der Waals surface area contributed by atoms with Crippen LogP contribution in [0.25, 0.3) is 0 Å². The standard InChI is InChI=1S/C25H28N2O3/c1-29-22-11-7-10-21(16-22)18-26(17-20-8-3-2-4-9-20)19-23-12-13-24(30-23)25(28)27-14-5-6-15-27/h2-4,7-13,16H,5-6,14-15,17-19H2,1H3. The van der Waals surface area contributed by atoms with E-state index in [4.69, 9.17) is 9.15 Å². The van der Waals surface area contributed by atoms with Crippen LogP contribution in [0.4, 0.5) is 0 Å². The number of methoxy groups -OCH3 is 1. The van der Waals surface area contributed by atoms with Crippen LogP contribution in [-0.4, -0.2) is 35.9 Å². The highest BCUT2D eigenvalue weighted by molar-refractivity contribution is 5.91. The molecule has 0 aliphatic carbocycles. The van der Waals surface area contributed by atoms with Gasteiger partial charge in [0.15, 0.2) is 5.76 Å². The molecular weight excluding hydrogens is 376 g/mol. The van der Waals surface area contributed by atoms with Gasteiger partial charge in [-0.1, -0.05) is 42.5 Å². The second-order valence-corrected chi connectivity index (χ2v) is 7.75. The van der Waals surface area contributed by atoms with E-state index in [-0.39, 0.29) is 5.91 Å². The number of furan rings is 1. The number of likely N-dealkylation sites (tertiary alicyclic amines) is 1. The number of carbonyl (C=O) groups is 1. The number of rotatable bonds is 8. The molecule has 0 radical (unpaired) electrons. The second kappa shape index (κ2) is 9.63. The first-order chi connectivity index (χ1) is 14.7. The molecular formula is C25H28N2O3. The zero-order chi connectivity index (χ0) is 20.8. The number of ether oxygens (including phenoxy) is 1. The minimum atomic E-state index is 0.00107. The van der Waals surface area contributed by atoms with E-state index in [9.17, 15) is 4.79 Å². The first-order valence-electron chi connectivity index (χ1n) is 10.5. The zero-order valence-corrected chi connectivity index (χ0v) is 17.4. The van der Waals surface area contributed by atoms with E-state index in [0.29, 0.717) is 12.3 Å². The van der Waals surface area contributed by atoms with Crippen molar-refractivity contribution in [2.75, 3.05) is 20.2 Å². The number of amides is 1. The lowest BCUT2D eigenvalue weighted by Gasteiger charge is -2.22. The molecule has 0 saturated carbocycles. The van der Waals surface area contributed by atoms with Crippen LogP contribution in [0.5, 0.6) is 5.75 Å². The molecule has 5 heteroatoms. The summed E-state index contributed by atoms with van der Waals surface area (Å²) < 4.78 is 11.3. The fourth-order valence-electron chi connectivity index (χ4n) is 3.91. The summed E-state index contributed by atoms with van der Waals surface area (Å²) >= 11 is 0. The first-order valence-corrected chi connectivity index (χ1v) is 10.5. The van der Waals surface area contributed by atoms with Crippen molar-refractivity contribution >= 4 is 5.91 Å². The summed E-state index contributed by atoms with van der Waals surface area (Å²) in [5.41, 5.74) is 2.41. The van der Waals surface area contributed by atoms with Crippen molar-refractivity contribution in [1.29, 1.82) is 0 Å². The van der Waals surface area contributed by atoms with Crippen molar-refractivity contribution in [1.82, 2.24) is 9.80 Å². The quantitative estimate of drug-likeness (QED) is 0.545. The topological polar surface area (TPSA) is 45.9 Å². The molecule has 0 spiro atoms. The molecule has 0 bridgehead atoms. The van der Waals surface area contributed by atoms with E-state index in [1.165, 1.54) is 11.1 Å². The van der Waals surface area contributed by atoms with E-state index >= 15 is 0 Å². The monoisotopic (exact) mass is 404 g/mol. The third-order valence-electron chi connectivity index (χ3n) is 5.43. The number of carbonyl (C=O) groups excluding carboxylic acids is 1. The molecule has 2 aromatic carbocycles. The molecule has 1 aliphatic rings. The number of benzene rings is 2. The van der Waals surface area contributed by atoms with Crippen LogP contribution in [-0.2, 0) is 19.6 Å². The molecule has 0 atom stereocenters. The van der Waals surface area contributed by atoms with E-state index in [1.54, 1.807) is 7.11 Å². The van der Waals surface area contributed by atoms with Crippen molar-refractivity contribution in [3.05, 3.63) is 89.4 Å². The van der Waals surface area contributed by atoms with Crippen molar-refractivity contribution in [2.45, 2.75) is 32.5 Å². The fourth-order valence-corrected chi connectivity index (χ4v) is 3.91. The summed E-state index contributed by atoms with van der Waals surface area (Å²) in [6.07, 6.45) is 2.15. The molecule has 4 rings (SSSR count). The molecule has 156 valence electrons. The smallest absolute Gasteiger partial charge is 0.289 e. The number of hydrogen-bond acceptors (Lipinski definition) is 4. The van der Waals surface area contributed by atoms with Crippen LogP contribution in [0, 0.1) is 0 Å². The Kier molecular flexibility index (Phi) is 6.50. The van der Waals surface area contributed by atoms with Gasteiger partial charge >= 0.3 is 0 Å². The molecule has 1 amide bonds. The molecule has 1 aromatic heterocycles. The Labute approximate surface area is 177 Å². The van der Waals surface area contributed by atoms with Crippen molar-refractivity contribution < 1.29 is 13.9 Å². The largest absolute Gasteiger partial charge is 0.497 e. The van der Waals surface area contributed by atoms with E-state index < -0.39 is 0 Å². The molecule has 1 saturated heterocycles. The SMILES string of the molecule is COc1cccc(CN(Cc2ccccc2)Cc2ccc(C(=O)N3CCCC3)o2)c1. The lowest BCUT2D eigenvalue weighted by molar-refractivity contribution is 0.0756. The molecule has 30 heavy (non-hydrogen) atoms. The van der Waals surface area contributed by atoms with Gasteiger partial charge in [0.05, 0.1) is 13.7 Å². The van der Waals surface area contributed by atoms with Crippen LogP contribution >= 0.6 is 0 Å². The van der Waals surface area contributed by atoms with Crippen LogP contribution in [0.15, 0.2) is 71.1 Å². The Morgan fingerprint density at radius 2 is 1.67 bits per heavy atom. The van der Waals surface area contributed by atoms with Gasteiger partial charge in [-0.15, -0.1) is 0 Å². The second-order valence-electron chi connectivity index (χ2n) is 7.75. The van der Waals surface area contributed by atoms with Gasteiger partial charge in [-0.3, -0.25) is 9.69 Å². The maximum absolute atomic E-state index is 12.6. The van der Waals surface area contributed by atoms with Gasteiger partial charge in [-0.25, -0.2) is 0 Å². The van der Waals surface area contributed by atoms with E-state index in [2.05, 4.69) is 41.3 Å². The summed E-state index contributed by atoms with van der Waals surface area (Å²) in [5, 5.41) is 0. The Morgan fingerprint density at radius 3 is 2.43 bits per heavy atom. The van der Waals surface area contributed by atoms with Crippen LogP contribution < -0.4 is 4.74 Å². The fraction of sp³-hybridized carbons (Fsp3) is 0.320. The number of nitrogens with zero attached hydrogens (tertiary/aromatic N) is 2. The molecule has 0 unspecified atom stereocenters.